The molecular formula is C18H28F3N5O2S. The number of hydrogen-bond acceptors (Lipinski definition) is 4. The third-order valence-corrected chi connectivity index (χ3v) is 8.31. The number of aromatic nitrogens is 2. The van der Waals surface area contributed by atoms with Crippen LogP contribution in [0.1, 0.15) is 69.6 Å². The molecule has 1 aromatic heterocycles. The van der Waals surface area contributed by atoms with Gasteiger partial charge in [-0.25, -0.2) is 4.68 Å². The largest absolute Gasteiger partial charge is 0.410 e. The van der Waals surface area contributed by atoms with Gasteiger partial charge in [-0.05, 0) is 38.5 Å². The lowest BCUT2D eigenvalue weighted by atomic mass is 10.0. The molecule has 2 saturated heterocycles. The van der Waals surface area contributed by atoms with E-state index in [0.29, 0.717) is 44.0 Å². The van der Waals surface area contributed by atoms with Gasteiger partial charge in [-0.3, -0.25) is 0 Å². The second-order valence-electron chi connectivity index (χ2n) is 8.18. The lowest BCUT2D eigenvalue weighted by Crippen LogP contribution is -2.46. The van der Waals surface area contributed by atoms with Crippen molar-refractivity contribution in [2.24, 2.45) is 0 Å². The normalized spacial score (nSPS) is 29.6. The average molecular weight is 436 g/mol. The number of halogens is 3. The van der Waals surface area contributed by atoms with Gasteiger partial charge in [0, 0.05) is 31.7 Å². The summed E-state index contributed by atoms with van der Waals surface area (Å²) >= 11 is 0. The fourth-order valence-corrected chi connectivity index (χ4v) is 6.55. The summed E-state index contributed by atoms with van der Waals surface area (Å²) in [6, 6.07) is -0.884. The highest BCUT2D eigenvalue weighted by Crippen LogP contribution is 2.42. The van der Waals surface area contributed by atoms with Crippen LogP contribution in [-0.4, -0.2) is 58.7 Å². The molecule has 4 rings (SSSR count). The first-order chi connectivity index (χ1) is 13.7. The molecule has 0 unspecified atom stereocenters. The maximum atomic E-state index is 13.6. The Labute approximate surface area is 169 Å². The molecule has 2 fully saturated rings. The molecule has 0 spiro atoms. The van der Waals surface area contributed by atoms with Crippen molar-refractivity contribution in [3.63, 3.8) is 0 Å². The van der Waals surface area contributed by atoms with Gasteiger partial charge in [0.1, 0.15) is 5.82 Å². The maximum absolute atomic E-state index is 13.6. The van der Waals surface area contributed by atoms with Gasteiger partial charge < -0.3 is 5.32 Å². The van der Waals surface area contributed by atoms with Crippen molar-refractivity contribution in [1.29, 1.82) is 0 Å². The first kappa shape index (κ1) is 20.9. The van der Waals surface area contributed by atoms with E-state index in [9.17, 15) is 21.6 Å². The molecule has 0 aliphatic carbocycles. The highest BCUT2D eigenvalue weighted by Gasteiger charge is 2.47. The van der Waals surface area contributed by atoms with Crippen molar-refractivity contribution in [1.82, 2.24) is 18.4 Å². The van der Waals surface area contributed by atoms with Crippen LogP contribution in [0.2, 0.25) is 0 Å². The summed E-state index contributed by atoms with van der Waals surface area (Å²) in [6.45, 7) is 3.23. The van der Waals surface area contributed by atoms with Gasteiger partial charge in [-0.15, -0.1) is 0 Å². The van der Waals surface area contributed by atoms with Crippen molar-refractivity contribution in [2.75, 3.05) is 25.0 Å². The predicted octanol–water partition coefficient (Wildman–Crippen LogP) is 3.45. The molecule has 4 heterocycles. The van der Waals surface area contributed by atoms with Gasteiger partial charge in [-0.2, -0.15) is 35.3 Å². The molecule has 7 nitrogen and oxygen atoms in total. The van der Waals surface area contributed by atoms with Crippen LogP contribution in [0.25, 0.3) is 0 Å². The SMILES string of the molecule is CC[C@@H]1C[C@H](C(F)(F)F)n2nc([C@@H]3CCCCN3S(=O)(=O)N3CCCC3)cc2N1. The van der Waals surface area contributed by atoms with Gasteiger partial charge >= 0.3 is 6.18 Å². The Bertz CT molecular complexity index is 835. The highest BCUT2D eigenvalue weighted by molar-refractivity contribution is 7.86. The average Bonchev–Trinajstić information content (AvgIpc) is 3.36. The van der Waals surface area contributed by atoms with Crippen LogP contribution in [0, 0.1) is 0 Å². The minimum Gasteiger partial charge on any atom is -0.367 e. The Morgan fingerprint density at radius 1 is 1.17 bits per heavy atom. The fraction of sp³-hybridized carbons (Fsp3) is 0.833. The smallest absolute Gasteiger partial charge is 0.367 e. The number of nitrogens with zero attached hydrogens (tertiary/aromatic N) is 4. The van der Waals surface area contributed by atoms with Crippen molar-refractivity contribution in [3.05, 3.63) is 11.8 Å². The van der Waals surface area contributed by atoms with Gasteiger partial charge in [0.2, 0.25) is 0 Å². The summed E-state index contributed by atoms with van der Waals surface area (Å²) in [5, 5.41) is 7.43. The van der Waals surface area contributed by atoms with E-state index in [1.165, 1.54) is 8.61 Å². The third kappa shape index (κ3) is 3.88. The van der Waals surface area contributed by atoms with E-state index >= 15 is 0 Å². The maximum Gasteiger partial charge on any atom is 0.410 e. The van der Waals surface area contributed by atoms with Crippen LogP contribution in [0.15, 0.2) is 6.07 Å². The summed E-state index contributed by atoms with van der Waals surface area (Å²) in [5.74, 6) is 0.324. The number of fused-ring (bicyclic) bond motifs is 1. The molecule has 3 aliphatic rings. The Morgan fingerprint density at radius 2 is 1.86 bits per heavy atom. The van der Waals surface area contributed by atoms with E-state index in [4.69, 9.17) is 0 Å². The van der Waals surface area contributed by atoms with Gasteiger partial charge in [0.15, 0.2) is 6.04 Å². The molecule has 164 valence electrons. The van der Waals surface area contributed by atoms with Crippen molar-refractivity contribution >= 4 is 16.0 Å². The summed E-state index contributed by atoms with van der Waals surface area (Å²) < 4.78 is 71.2. The summed E-state index contributed by atoms with van der Waals surface area (Å²) in [4.78, 5) is 0. The standard InChI is InChI=1S/C18H28F3N5O2S/c1-2-13-11-16(18(19,20)21)26-17(22-13)12-14(23-26)15-7-3-4-10-25(15)29(27,28)24-8-5-6-9-24/h12-13,15-16,22H,2-11H2,1H3/t13-,15+,16-/m1/s1. The third-order valence-electron chi connectivity index (χ3n) is 6.26. The Kier molecular flexibility index (Phi) is 5.58. The Balaban J connectivity index is 1.68. The molecule has 1 N–H and O–H groups in total. The Hall–Kier alpha value is -1.33. The molecule has 0 radical (unpaired) electrons. The van der Waals surface area contributed by atoms with Crippen molar-refractivity contribution in [2.45, 2.75) is 76.2 Å². The molecule has 0 aromatic carbocycles. The molecule has 1 aromatic rings. The van der Waals surface area contributed by atoms with Gasteiger partial charge in [0.05, 0.1) is 11.7 Å². The highest BCUT2D eigenvalue weighted by atomic mass is 32.2. The number of hydrogen-bond donors (Lipinski definition) is 1. The minimum absolute atomic E-state index is 0.0748. The summed E-state index contributed by atoms with van der Waals surface area (Å²) in [6.07, 6.45) is -0.0807. The number of rotatable bonds is 4. The first-order valence-electron chi connectivity index (χ1n) is 10.4. The predicted molar refractivity (Wildman–Crippen MR) is 103 cm³/mol. The first-order valence-corrected chi connectivity index (χ1v) is 11.8. The molecular weight excluding hydrogens is 407 g/mol. The van der Waals surface area contributed by atoms with Crippen LogP contribution in [0.3, 0.4) is 0 Å². The lowest BCUT2D eigenvalue weighted by molar-refractivity contribution is -0.173. The number of nitrogens with one attached hydrogen (secondary N) is 1. The van der Waals surface area contributed by atoms with E-state index < -0.39 is 28.5 Å². The zero-order chi connectivity index (χ0) is 20.8. The minimum atomic E-state index is -4.40. The molecule has 0 amide bonds. The van der Waals surface area contributed by atoms with E-state index in [1.807, 2.05) is 6.92 Å². The molecule has 0 bridgehead atoms. The quantitative estimate of drug-likeness (QED) is 0.787. The van der Waals surface area contributed by atoms with Crippen LogP contribution in [-0.2, 0) is 10.2 Å². The lowest BCUT2D eigenvalue weighted by Gasteiger charge is -2.36. The second-order valence-corrected chi connectivity index (χ2v) is 10.1. The number of alkyl halides is 3. The van der Waals surface area contributed by atoms with Gasteiger partial charge in [-0.1, -0.05) is 13.3 Å². The molecule has 11 heteroatoms. The fourth-order valence-electron chi connectivity index (χ4n) is 4.64. The Morgan fingerprint density at radius 3 is 2.52 bits per heavy atom. The second kappa shape index (κ2) is 7.73. The monoisotopic (exact) mass is 435 g/mol. The number of piperidine rings is 1. The van der Waals surface area contributed by atoms with Crippen LogP contribution in [0.5, 0.6) is 0 Å². The van der Waals surface area contributed by atoms with E-state index in [-0.39, 0.29) is 12.5 Å². The van der Waals surface area contributed by atoms with E-state index in [1.54, 1.807) is 6.07 Å². The van der Waals surface area contributed by atoms with Crippen LogP contribution in [0.4, 0.5) is 19.0 Å². The van der Waals surface area contributed by atoms with E-state index in [0.717, 1.165) is 30.4 Å². The van der Waals surface area contributed by atoms with Crippen molar-refractivity contribution in [3.8, 4) is 0 Å². The number of anilines is 1. The summed E-state index contributed by atoms with van der Waals surface area (Å²) in [7, 11) is -3.64. The molecule has 0 saturated carbocycles. The van der Waals surface area contributed by atoms with E-state index in [2.05, 4.69) is 10.4 Å². The zero-order valence-electron chi connectivity index (χ0n) is 16.5. The molecule has 3 aliphatic heterocycles. The summed E-state index contributed by atoms with van der Waals surface area (Å²) in [5.41, 5.74) is 0.404. The topological polar surface area (TPSA) is 70.5 Å². The zero-order valence-corrected chi connectivity index (χ0v) is 17.3. The van der Waals surface area contributed by atoms with Gasteiger partial charge in [0.25, 0.3) is 10.2 Å². The molecule has 29 heavy (non-hydrogen) atoms. The van der Waals surface area contributed by atoms with Crippen LogP contribution >= 0.6 is 0 Å². The van der Waals surface area contributed by atoms with Crippen molar-refractivity contribution < 1.29 is 21.6 Å². The van der Waals surface area contributed by atoms with Crippen LogP contribution < -0.4 is 5.32 Å². The molecule has 3 atom stereocenters.